The SMILES string of the molecule is COc1ccc(N2C(N)=NCC2C2CC=CCC2)cc1. The molecule has 1 aliphatic heterocycles. The van der Waals surface area contributed by atoms with Gasteiger partial charge in [-0.05, 0) is 49.4 Å². The third kappa shape index (κ3) is 2.38. The van der Waals surface area contributed by atoms with Crippen molar-refractivity contribution in [2.24, 2.45) is 16.6 Å². The fourth-order valence-corrected chi connectivity index (χ4v) is 3.11. The Morgan fingerprint density at radius 1 is 1.25 bits per heavy atom. The van der Waals surface area contributed by atoms with Crippen LogP contribution in [0.1, 0.15) is 19.3 Å². The Bertz CT molecular complexity index is 521. The lowest BCUT2D eigenvalue weighted by molar-refractivity contribution is 0.403. The molecule has 0 fully saturated rings. The van der Waals surface area contributed by atoms with E-state index in [2.05, 4.69) is 34.2 Å². The smallest absolute Gasteiger partial charge is 0.196 e. The molecule has 2 unspecified atom stereocenters. The molecule has 4 heteroatoms. The van der Waals surface area contributed by atoms with Gasteiger partial charge in [-0.15, -0.1) is 0 Å². The van der Waals surface area contributed by atoms with Crippen molar-refractivity contribution in [1.29, 1.82) is 0 Å². The number of hydrogen-bond donors (Lipinski definition) is 1. The zero-order chi connectivity index (χ0) is 13.9. The van der Waals surface area contributed by atoms with Crippen LogP contribution in [0.5, 0.6) is 5.75 Å². The van der Waals surface area contributed by atoms with Crippen LogP contribution in [0, 0.1) is 5.92 Å². The quantitative estimate of drug-likeness (QED) is 0.860. The van der Waals surface area contributed by atoms with Gasteiger partial charge in [0.15, 0.2) is 5.96 Å². The van der Waals surface area contributed by atoms with E-state index in [1.54, 1.807) is 7.11 Å². The zero-order valence-electron chi connectivity index (χ0n) is 11.8. The minimum Gasteiger partial charge on any atom is -0.497 e. The third-order valence-electron chi connectivity index (χ3n) is 4.22. The van der Waals surface area contributed by atoms with Gasteiger partial charge < -0.3 is 15.4 Å². The summed E-state index contributed by atoms with van der Waals surface area (Å²) in [5.74, 6) is 2.13. The van der Waals surface area contributed by atoms with Crippen molar-refractivity contribution in [2.45, 2.75) is 25.3 Å². The Morgan fingerprint density at radius 3 is 2.70 bits per heavy atom. The molecule has 0 radical (unpaired) electrons. The maximum atomic E-state index is 6.11. The summed E-state index contributed by atoms with van der Waals surface area (Å²) >= 11 is 0. The molecule has 106 valence electrons. The highest BCUT2D eigenvalue weighted by Gasteiger charge is 2.33. The van der Waals surface area contributed by atoms with Gasteiger partial charge >= 0.3 is 0 Å². The average molecular weight is 271 g/mol. The van der Waals surface area contributed by atoms with Gasteiger partial charge in [0.05, 0.1) is 19.7 Å². The number of anilines is 1. The molecular formula is C16H21N3O. The van der Waals surface area contributed by atoms with Crippen LogP contribution >= 0.6 is 0 Å². The van der Waals surface area contributed by atoms with Gasteiger partial charge in [0.25, 0.3) is 0 Å². The number of guanidine groups is 1. The third-order valence-corrected chi connectivity index (χ3v) is 4.22. The highest BCUT2D eigenvalue weighted by Crippen LogP contribution is 2.32. The topological polar surface area (TPSA) is 50.9 Å². The summed E-state index contributed by atoms with van der Waals surface area (Å²) in [6.07, 6.45) is 8.07. The number of benzene rings is 1. The lowest BCUT2D eigenvalue weighted by Gasteiger charge is -2.33. The molecule has 0 saturated heterocycles. The summed E-state index contributed by atoms with van der Waals surface area (Å²) in [5.41, 5.74) is 7.21. The first-order valence-corrected chi connectivity index (χ1v) is 7.18. The molecule has 0 aromatic heterocycles. The van der Waals surface area contributed by atoms with Gasteiger partial charge in [-0.1, -0.05) is 12.2 Å². The summed E-state index contributed by atoms with van der Waals surface area (Å²) in [6, 6.07) is 8.43. The number of nitrogens with two attached hydrogens (primary N) is 1. The second kappa shape index (κ2) is 5.57. The molecule has 2 aliphatic rings. The average Bonchev–Trinajstić information content (AvgIpc) is 2.90. The number of aliphatic imine (C=N–C) groups is 1. The molecule has 2 N–H and O–H groups in total. The first kappa shape index (κ1) is 13.0. The molecule has 1 heterocycles. The minimum absolute atomic E-state index is 0.383. The van der Waals surface area contributed by atoms with E-state index in [1.165, 1.54) is 6.42 Å². The maximum Gasteiger partial charge on any atom is 0.196 e. The van der Waals surface area contributed by atoms with E-state index in [-0.39, 0.29) is 0 Å². The normalized spacial score (nSPS) is 25.6. The van der Waals surface area contributed by atoms with Crippen LogP contribution in [-0.2, 0) is 0 Å². The van der Waals surface area contributed by atoms with Gasteiger partial charge in [-0.2, -0.15) is 0 Å². The first-order chi connectivity index (χ1) is 9.79. The van der Waals surface area contributed by atoms with E-state index in [0.29, 0.717) is 17.9 Å². The number of methoxy groups -OCH3 is 1. The highest BCUT2D eigenvalue weighted by atomic mass is 16.5. The zero-order valence-corrected chi connectivity index (χ0v) is 11.8. The monoisotopic (exact) mass is 271 g/mol. The van der Waals surface area contributed by atoms with E-state index in [0.717, 1.165) is 30.8 Å². The van der Waals surface area contributed by atoms with Gasteiger partial charge in [-0.3, -0.25) is 4.99 Å². The molecule has 4 nitrogen and oxygen atoms in total. The number of hydrogen-bond acceptors (Lipinski definition) is 4. The molecule has 3 rings (SSSR count). The molecular weight excluding hydrogens is 250 g/mol. The van der Waals surface area contributed by atoms with E-state index in [1.807, 2.05) is 12.1 Å². The Morgan fingerprint density at radius 2 is 2.05 bits per heavy atom. The molecule has 0 spiro atoms. The largest absolute Gasteiger partial charge is 0.497 e. The summed E-state index contributed by atoms with van der Waals surface area (Å²) in [4.78, 5) is 6.64. The van der Waals surface area contributed by atoms with Crippen molar-refractivity contribution < 1.29 is 4.74 Å². The van der Waals surface area contributed by atoms with Crippen molar-refractivity contribution in [1.82, 2.24) is 0 Å². The number of nitrogens with zero attached hydrogens (tertiary/aromatic N) is 2. The molecule has 20 heavy (non-hydrogen) atoms. The Balaban J connectivity index is 1.83. The van der Waals surface area contributed by atoms with Crippen LogP contribution in [0.15, 0.2) is 41.4 Å². The Labute approximate surface area is 119 Å². The summed E-state index contributed by atoms with van der Waals surface area (Å²) in [5, 5.41) is 0. The molecule has 0 saturated carbocycles. The van der Waals surface area contributed by atoms with Crippen molar-refractivity contribution in [3.05, 3.63) is 36.4 Å². The second-order valence-corrected chi connectivity index (χ2v) is 5.38. The molecule has 1 aromatic carbocycles. The number of ether oxygens (including phenoxy) is 1. The van der Waals surface area contributed by atoms with Crippen LogP contribution < -0.4 is 15.4 Å². The van der Waals surface area contributed by atoms with Crippen LogP contribution in [0.2, 0.25) is 0 Å². The molecule has 1 aliphatic carbocycles. The molecule has 0 amide bonds. The van der Waals surface area contributed by atoms with E-state index in [9.17, 15) is 0 Å². The highest BCUT2D eigenvalue weighted by molar-refractivity contribution is 5.97. The predicted octanol–water partition coefficient (Wildman–Crippen LogP) is 2.55. The van der Waals surface area contributed by atoms with Gasteiger partial charge in [0, 0.05) is 5.69 Å². The van der Waals surface area contributed by atoms with E-state index in [4.69, 9.17) is 10.5 Å². The number of rotatable bonds is 3. The van der Waals surface area contributed by atoms with Crippen LogP contribution in [-0.4, -0.2) is 25.7 Å². The van der Waals surface area contributed by atoms with Crippen LogP contribution in [0.25, 0.3) is 0 Å². The van der Waals surface area contributed by atoms with E-state index >= 15 is 0 Å². The Kier molecular flexibility index (Phi) is 3.63. The van der Waals surface area contributed by atoms with Crippen LogP contribution in [0.3, 0.4) is 0 Å². The first-order valence-electron chi connectivity index (χ1n) is 7.18. The maximum absolute atomic E-state index is 6.11. The summed E-state index contributed by atoms with van der Waals surface area (Å²) in [6.45, 7) is 0.802. The fraction of sp³-hybridized carbons (Fsp3) is 0.438. The van der Waals surface area contributed by atoms with Crippen molar-refractivity contribution in [2.75, 3.05) is 18.6 Å². The van der Waals surface area contributed by atoms with Crippen molar-refractivity contribution >= 4 is 11.6 Å². The summed E-state index contributed by atoms with van der Waals surface area (Å²) < 4.78 is 5.21. The fourth-order valence-electron chi connectivity index (χ4n) is 3.11. The molecule has 2 atom stereocenters. The lowest BCUT2D eigenvalue weighted by Crippen LogP contribution is -2.45. The van der Waals surface area contributed by atoms with Gasteiger partial charge in [0.2, 0.25) is 0 Å². The van der Waals surface area contributed by atoms with Crippen LogP contribution in [0.4, 0.5) is 5.69 Å². The van der Waals surface area contributed by atoms with E-state index < -0.39 is 0 Å². The number of allylic oxidation sites excluding steroid dienone is 2. The van der Waals surface area contributed by atoms with Gasteiger partial charge in [0.1, 0.15) is 5.75 Å². The van der Waals surface area contributed by atoms with Crippen molar-refractivity contribution in [3.63, 3.8) is 0 Å². The predicted molar refractivity (Wildman–Crippen MR) is 82.2 cm³/mol. The van der Waals surface area contributed by atoms with Crippen molar-refractivity contribution in [3.8, 4) is 5.75 Å². The summed E-state index contributed by atoms with van der Waals surface area (Å²) in [7, 11) is 1.68. The minimum atomic E-state index is 0.383. The standard InChI is InChI=1S/C16H21N3O/c1-20-14-9-7-13(8-10-14)19-15(11-18-16(19)17)12-5-3-2-4-6-12/h2-3,7-10,12,15H,4-6,11H2,1H3,(H2,17,18). The molecule has 1 aromatic rings. The second-order valence-electron chi connectivity index (χ2n) is 5.38. The lowest BCUT2D eigenvalue weighted by atomic mass is 9.87. The molecule has 0 bridgehead atoms. The van der Waals surface area contributed by atoms with Gasteiger partial charge in [-0.25, -0.2) is 0 Å². The Hall–Kier alpha value is -1.97.